The van der Waals surface area contributed by atoms with Gasteiger partial charge < -0.3 is 5.32 Å². The molecule has 2 rings (SSSR count). The summed E-state index contributed by atoms with van der Waals surface area (Å²) < 4.78 is 39.9. The number of hydrogen-bond acceptors (Lipinski definition) is 3. The second-order valence-electron chi connectivity index (χ2n) is 5.23. The van der Waals surface area contributed by atoms with E-state index >= 15 is 0 Å². The minimum atomic E-state index is -3.82. The summed E-state index contributed by atoms with van der Waals surface area (Å²) in [6.07, 6.45) is 0. The third-order valence-electron chi connectivity index (χ3n) is 3.31. The number of nitrogens with zero attached hydrogens (tertiary/aromatic N) is 1. The van der Waals surface area contributed by atoms with Crippen molar-refractivity contribution >= 4 is 37.5 Å². The predicted molar refractivity (Wildman–Crippen MR) is 93.7 cm³/mol. The monoisotopic (exact) mass is 414 g/mol. The molecule has 0 aromatic heterocycles. The van der Waals surface area contributed by atoms with Crippen LogP contribution in [0.15, 0.2) is 51.8 Å². The summed E-state index contributed by atoms with van der Waals surface area (Å²) in [5, 5.41) is 2.47. The molecule has 0 aliphatic heterocycles. The number of sulfonamides is 1. The molecule has 0 spiro atoms. The van der Waals surface area contributed by atoms with Crippen LogP contribution in [-0.4, -0.2) is 32.2 Å². The highest BCUT2D eigenvalue weighted by Gasteiger charge is 2.25. The first-order chi connectivity index (χ1) is 11.2. The van der Waals surface area contributed by atoms with Crippen LogP contribution in [0.3, 0.4) is 0 Å². The van der Waals surface area contributed by atoms with Crippen molar-refractivity contribution in [2.24, 2.45) is 0 Å². The molecule has 0 aliphatic rings. The van der Waals surface area contributed by atoms with E-state index in [1.165, 1.54) is 31.3 Å². The van der Waals surface area contributed by atoms with Crippen molar-refractivity contribution < 1.29 is 17.6 Å². The van der Waals surface area contributed by atoms with Crippen molar-refractivity contribution in [3.05, 3.63) is 58.3 Å². The minimum Gasteiger partial charge on any atom is -0.325 e. The number of benzene rings is 2. The number of amides is 1. The summed E-state index contributed by atoms with van der Waals surface area (Å²) in [5.41, 5.74) is 0.847. The van der Waals surface area contributed by atoms with Crippen molar-refractivity contribution in [1.82, 2.24) is 4.31 Å². The Balaban J connectivity index is 2.14. The van der Waals surface area contributed by atoms with Gasteiger partial charge in [0.2, 0.25) is 15.9 Å². The Labute approximate surface area is 148 Å². The Hall–Kier alpha value is -1.77. The van der Waals surface area contributed by atoms with Gasteiger partial charge in [-0.15, -0.1) is 0 Å². The Morgan fingerprint density at radius 1 is 1.25 bits per heavy atom. The zero-order valence-electron chi connectivity index (χ0n) is 13.1. The number of halogens is 2. The molecule has 0 radical (unpaired) electrons. The van der Waals surface area contributed by atoms with Crippen LogP contribution in [0, 0.1) is 12.7 Å². The third kappa shape index (κ3) is 4.40. The number of carbonyl (C=O) groups excluding carboxylic acids is 1. The van der Waals surface area contributed by atoms with E-state index in [1.54, 1.807) is 19.1 Å². The van der Waals surface area contributed by atoms with Crippen LogP contribution in [0.4, 0.5) is 10.1 Å². The number of rotatable bonds is 5. The molecular weight excluding hydrogens is 399 g/mol. The maximum absolute atomic E-state index is 13.1. The number of aryl methyl sites for hydroxylation is 1. The lowest BCUT2D eigenvalue weighted by molar-refractivity contribution is -0.116. The van der Waals surface area contributed by atoms with Crippen LogP contribution in [0.1, 0.15) is 5.56 Å². The molecule has 2 aromatic carbocycles. The third-order valence-corrected chi connectivity index (χ3v) is 5.75. The van der Waals surface area contributed by atoms with E-state index in [0.717, 1.165) is 10.4 Å². The second kappa shape index (κ2) is 7.42. The lowest BCUT2D eigenvalue weighted by Crippen LogP contribution is -2.35. The van der Waals surface area contributed by atoms with Crippen LogP contribution < -0.4 is 5.32 Å². The van der Waals surface area contributed by atoms with Gasteiger partial charge in [0.15, 0.2) is 0 Å². The average Bonchev–Trinajstić information content (AvgIpc) is 2.49. The zero-order chi connectivity index (χ0) is 17.9. The summed E-state index contributed by atoms with van der Waals surface area (Å²) >= 11 is 3.24. The molecule has 2 aromatic rings. The van der Waals surface area contributed by atoms with Gasteiger partial charge in [-0.3, -0.25) is 4.79 Å². The summed E-state index contributed by atoms with van der Waals surface area (Å²) in [4.78, 5) is 12.1. The highest BCUT2D eigenvalue weighted by atomic mass is 79.9. The molecule has 0 aliphatic carbocycles. The van der Waals surface area contributed by atoms with Gasteiger partial charge >= 0.3 is 0 Å². The SMILES string of the molecule is Cc1ccc(Br)cc1S(=O)(=O)N(C)CC(=O)Nc1cccc(F)c1. The quantitative estimate of drug-likeness (QED) is 0.816. The van der Waals surface area contributed by atoms with Gasteiger partial charge in [-0.25, -0.2) is 12.8 Å². The van der Waals surface area contributed by atoms with E-state index in [1.807, 2.05) is 0 Å². The maximum atomic E-state index is 13.1. The number of likely N-dealkylation sites (N-methyl/N-ethyl adjacent to an activating group) is 1. The first kappa shape index (κ1) is 18.6. The van der Waals surface area contributed by atoms with Crippen LogP contribution >= 0.6 is 15.9 Å². The molecule has 1 amide bonds. The maximum Gasteiger partial charge on any atom is 0.243 e. The Bertz CT molecular complexity index is 871. The van der Waals surface area contributed by atoms with Crippen molar-refractivity contribution in [2.45, 2.75) is 11.8 Å². The fourth-order valence-corrected chi connectivity index (χ4v) is 3.96. The van der Waals surface area contributed by atoms with Crippen molar-refractivity contribution in [2.75, 3.05) is 18.9 Å². The molecule has 0 unspecified atom stereocenters. The molecule has 24 heavy (non-hydrogen) atoms. The van der Waals surface area contributed by atoms with Crippen molar-refractivity contribution in [3.63, 3.8) is 0 Å². The van der Waals surface area contributed by atoms with Crippen molar-refractivity contribution in [1.29, 1.82) is 0 Å². The zero-order valence-corrected chi connectivity index (χ0v) is 15.5. The molecule has 0 bridgehead atoms. The van der Waals surface area contributed by atoms with Gasteiger partial charge in [0.05, 0.1) is 11.4 Å². The molecule has 0 heterocycles. The average molecular weight is 415 g/mol. The lowest BCUT2D eigenvalue weighted by Gasteiger charge is -2.18. The van der Waals surface area contributed by atoms with E-state index in [2.05, 4.69) is 21.2 Å². The molecule has 0 saturated carbocycles. The molecule has 0 fully saturated rings. The number of nitrogens with one attached hydrogen (secondary N) is 1. The first-order valence-corrected chi connectivity index (χ1v) is 9.21. The van der Waals surface area contributed by atoms with E-state index in [9.17, 15) is 17.6 Å². The van der Waals surface area contributed by atoms with Crippen LogP contribution in [0.5, 0.6) is 0 Å². The van der Waals surface area contributed by atoms with Gasteiger partial charge in [-0.2, -0.15) is 4.31 Å². The topological polar surface area (TPSA) is 66.5 Å². The summed E-state index contributed by atoms with van der Waals surface area (Å²) in [5.74, 6) is -1.04. The standard InChI is InChI=1S/C16H16BrFN2O3S/c1-11-6-7-12(17)8-15(11)24(22,23)20(2)10-16(21)19-14-5-3-4-13(18)9-14/h3-9H,10H2,1-2H3,(H,19,21). The first-order valence-electron chi connectivity index (χ1n) is 6.98. The Morgan fingerprint density at radius 2 is 1.96 bits per heavy atom. The number of hydrogen-bond donors (Lipinski definition) is 1. The number of carbonyl (C=O) groups is 1. The minimum absolute atomic E-state index is 0.123. The fourth-order valence-electron chi connectivity index (χ4n) is 2.07. The van der Waals surface area contributed by atoms with E-state index < -0.39 is 21.7 Å². The summed E-state index contributed by atoms with van der Waals surface area (Å²) in [7, 11) is -2.50. The van der Waals surface area contributed by atoms with Crippen molar-refractivity contribution in [3.8, 4) is 0 Å². The Morgan fingerprint density at radius 3 is 2.62 bits per heavy atom. The smallest absolute Gasteiger partial charge is 0.243 e. The summed E-state index contributed by atoms with van der Waals surface area (Å²) in [6, 6.07) is 10.3. The van der Waals surface area contributed by atoms with Gasteiger partial charge in [-0.1, -0.05) is 28.1 Å². The molecule has 8 heteroatoms. The summed E-state index contributed by atoms with van der Waals surface area (Å²) in [6.45, 7) is 1.30. The van der Waals surface area contributed by atoms with Gasteiger partial charge in [-0.05, 0) is 42.8 Å². The largest absolute Gasteiger partial charge is 0.325 e. The highest BCUT2D eigenvalue weighted by Crippen LogP contribution is 2.23. The van der Waals surface area contributed by atoms with Crippen LogP contribution in [-0.2, 0) is 14.8 Å². The van der Waals surface area contributed by atoms with Gasteiger partial charge in [0.1, 0.15) is 5.82 Å². The lowest BCUT2D eigenvalue weighted by atomic mass is 10.2. The van der Waals surface area contributed by atoms with E-state index in [0.29, 0.717) is 10.0 Å². The Kier molecular flexibility index (Phi) is 5.74. The normalized spacial score (nSPS) is 11.5. The molecular formula is C16H16BrFN2O3S. The fraction of sp³-hybridized carbons (Fsp3) is 0.188. The second-order valence-corrected chi connectivity index (χ2v) is 8.16. The van der Waals surface area contributed by atoms with Crippen LogP contribution in [0.25, 0.3) is 0 Å². The highest BCUT2D eigenvalue weighted by molar-refractivity contribution is 9.10. The van der Waals surface area contributed by atoms with Crippen LogP contribution in [0.2, 0.25) is 0 Å². The van der Waals surface area contributed by atoms with Gasteiger partial charge in [0.25, 0.3) is 0 Å². The molecule has 128 valence electrons. The van der Waals surface area contributed by atoms with E-state index in [4.69, 9.17) is 0 Å². The van der Waals surface area contributed by atoms with E-state index in [-0.39, 0.29) is 17.1 Å². The number of anilines is 1. The molecule has 0 saturated heterocycles. The molecule has 5 nitrogen and oxygen atoms in total. The molecule has 1 N–H and O–H groups in total. The predicted octanol–water partition coefficient (Wildman–Crippen LogP) is 3.16. The van der Waals surface area contributed by atoms with Gasteiger partial charge in [0, 0.05) is 17.2 Å². The molecule has 0 atom stereocenters.